The van der Waals surface area contributed by atoms with E-state index in [1.807, 2.05) is 0 Å². The smallest absolute Gasteiger partial charge is 0.254 e. The van der Waals surface area contributed by atoms with Crippen molar-refractivity contribution in [1.82, 2.24) is 9.62 Å². The monoisotopic (exact) mass is 442 g/mol. The number of halogens is 2. The first-order valence-corrected chi connectivity index (χ1v) is 10.2. The molecule has 0 saturated carbocycles. The van der Waals surface area contributed by atoms with E-state index in [2.05, 4.69) is 21.2 Å². The van der Waals surface area contributed by atoms with Crippen LogP contribution >= 0.6 is 15.9 Å². The highest BCUT2D eigenvalue weighted by Gasteiger charge is 2.22. The molecule has 0 atom stereocenters. The van der Waals surface area contributed by atoms with Gasteiger partial charge in [-0.3, -0.25) is 4.79 Å². The molecule has 0 aromatic heterocycles. The van der Waals surface area contributed by atoms with Crippen molar-refractivity contribution in [3.8, 4) is 0 Å². The highest BCUT2D eigenvalue weighted by atomic mass is 79.9. The van der Waals surface area contributed by atoms with E-state index in [9.17, 15) is 17.6 Å². The molecule has 0 aliphatic rings. The number of benzene rings is 2. The van der Waals surface area contributed by atoms with Gasteiger partial charge in [-0.2, -0.15) is 4.31 Å². The Kier molecular flexibility index (Phi) is 6.54. The predicted octanol–water partition coefficient (Wildman–Crippen LogP) is 3.55. The van der Waals surface area contributed by atoms with Crippen molar-refractivity contribution in [3.05, 3.63) is 63.9 Å². The van der Waals surface area contributed by atoms with Crippen molar-refractivity contribution >= 4 is 31.9 Å². The van der Waals surface area contributed by atoms with Crippen molar-refractivity contribution in [2.45, 2.75) is 31.3 Å². The number of carbonyl (C=O) groups excluding carboxylic acids is 1. The molecule has 0 aliphatic heterocycles. The predicted molar refractivity (Wildman–Crippen MR) is 102 cm³/mol. The number of carbonyl (C=O) groups is 1. The van der Waals surface area contributed by atoms with Crippen LogP contribution in [0.25, 0.3) is 0 Å². The Labute approximate surface area is 161 Å². The van der Waals surface area contributed by atoms with Crippen molar-refractivity contribution in [3.63, 3.8) is 0 Å². The average molecular weight is 443 g/mol. The van der Waals surface area contributed by atoms with E-state index in [-0.39, 0.29) is 23.0 Å². The molecule has 0 radical (unpaired) electrons. The van der Waals surface area contributed by atoms with E-state index in [0.717, 1.165) is 0 Å². The lowest BCUT2D eigenvalue weighted by Crippen LogP contribution is -2.33. The molecule has 0 bridgehead atoms. The van der Waals surface area contributed by atoms with Crippen LogP contribution in [0.5, 0.6) is 0 Å². The minimum atomic E-state index is -3.55. The van der Waals surface area contributed by atoms with Crippen molar-refractivity contribution in [2.24, 2.45) is 0 Å². The zero-order valence-electron chi connectivity index (χ0n) is 14.7. The summed E-state index contributed by atoms with van der Waals surface area (Å²) in [6.45, 7) is 3.75. The zero-order valence-corrected chi connectivity index (χ0v) is 17.1. The van der Waals surface area contributed by atoms with Gasteiger partial charge in [0.25, 0.3) is 5.91 Å². The molecule has 0 fully saturated rings. The highest BCUT2D eigenvalue weighted by Crippen LogP contribution is 2.18. The molecule has 0 heterocycles. The lowest BCUT2D eigenvalue weighted by Gasteiger charge is -2.21. The van der Waals surface area contributed by atoms with Crippen LogP contribution in [0, 0.1) is 5.82 Å². The molecule has 1 amide bonds. The standard InChI is InChI=1S/C18H20BrFN2O3S/c1-12(2)22(3)26(24,25)15-7-4-13(5-8-15)11-21-18(23)16-10-14(19)6-9-17(16)20/h4-10,12H,11H2,1-3H3,(H,21,23). The van der Waals surface area contributed by atoms with Gasteiger partial charge in [0.1, 0.15) is 5.82 Å². The van der Waals surface area contributed by atoms with Crippen LogP contribution in [0.2, 0.25) is 0 Å². The Morgan fingerprint density at radius 3 is 2.38 bits per heavy atom. The number of hydrogen-bond donors (Lipinski definition) is 1. The summed E-state index contributed by atoms with van der Waals surface area (Å²) in [5.41, 5.74) is 0.650. The molecule has 8 heteroatoms. The fraction of sp³-hybridized carbons (Fsp3) is 0.278. The van der Waals surface area contributed by atoms with E-state index >= 15 is 0 Å². The number of sulfonamides is 1. The summed E-state index contributed by atoms with van der Waals surface area (Å²) in [5, 5.41) is 2.62. The number of hydrogen-bond acceptors (Lipinski definition) is 3. The van der Waals surface area contributed by atoms with Crippen LogP contribution in [-0.2, 0) is 16.6 Å². The first-order chi connectivity index (χ1) is 12.1. The molecule has 1 N–H and O–H groups in total. The quantitative estimate of drug-likeness (QED) is 0.743. The second-order valence-electron chi connectivity index (χ2n) is 6.07. The summed E-state index contributed by atoms with van der Waals surface area (Å²) in [4.78, 5) is 12.3. The van der Waals surface area contributed by atoms with Gasteiger partial charge in [-0.15, -0.1) is 0 Å². The average Bonchev–Trinajstić information content (AvgIpc) is 2.61. The first-order valence-electron chi connectivity index (χ1n) is 7.93. The van der Waals surface area contributed by atoms with Crippen molar-refractivity contribution in [2.75, 3.05) is 7.05 Å². The molecule has 2 aromatic carbocycles. The SMILES string of the molecule is CC(C)N(C)S(=O)(=O)c1ccc(CNC(=O)c2cc(Br)ccc2F)cc1. The second-order valence-corrected chi connectivity index (χ2v) is 8.98. The molecule has 2 aromatic rings. The molecule has 26 heavy (non-hydrogen) atoms. The van der Waals surface area contributed by atoms with E-state index in [1.165, 1.54) is 41.7 Å². The third-order valence-electron chi connectivity index (χ3n) is 3.95. The summed E-state index contributed by atoms with van der Waals surface area (Å²) < 4.78 is 40.4. The fourth-order valence-electron chi connectivity index (χ4n) is 2.17. The van der Waals surface area contributed by atoms with Gasteiger partial charge < -0.3 is 5.32 Å². The Hall–Kier alpha value is -1.77. The van der Waals surface area contributed by atoms with Crippen molar-refractivity contribution < 1.29 is 17.6 Å². The van der Waals surface area contributed by atoms with Gasteiger partial charge >= 0.3 is 0 Å². The van der Waals surface area contributed by atoms with E-state index in [4.69, 9.17) is 0 Å². The van der Waals surface area contributed by atoms with Crippen LogP contribution in [0.3, 0.4) is 0 Å². The second kappa shape index (κ2) is 8.28. The van der Waals surface area contributed by atoms with E-state index in [1.54, 1.807) is 26.0 Å². The summed E-state index contributed by atoms with van der Waals surface area (Å²) in [6.07, 6.45) is 0. The summed E-state index contributed by atoms with van der Waals surface area (Å²) in [5.74, 6) is -1.15. The van der Waals surface area contributed by atoms with Crippen LogP contribution in [0.15, 0.2) is 51.8 Å². The van der Waals surface area contributed by atoms with Crippen molar-refractivity contribution in [1.29, 1.82) is 0 Å². The van der Waals surface area contributed by atoms with Crippen LogP contribution in [0.1, 0.15) is 29.8 Å². The van der Waals surface area contributed by atoms with Gasteiger partial charge in [0.15, 0.2) is 0 Å². The lowest BCUT2D eigenvalue weighted by atomic mass is 10.2. The van der Waals surface area contributed by atoms with Gasteiger partial charge in [-0.1, -0.05) is 28.1 Å². The Balaban J connectivity index is 2.08. The van der Waals surface area contributed by atoms with Gasteiger partial charge in [0, 0.05) is 24.1 Å². The lowest BCUT2D eigenvalue weighted by molar-refractivity contribution is 0.0946. The molecule has 140 valence electrons. The minimum Gasteiger partial charge on any atom is -0.348 e. The third kappa shape index (κ3) is 4.69. The largest absolute Gasteiger partial charge is 0.348 e. The summed E-state index contributed by atoms with van der Waals surface area (Å²) in [6, 6.07) is 10.2. The van der Waals surface area contributed by atoms with Crippen LogP contribution in [0.4, 0.5) is 4.39 Å². The molecule has 2 rings (SSSR count). The fourth-order valence-corrected chi connectivity index (χ4v) is 3.90. The number of rotatable bonds is 6. The molecule has 0 spiro atoms. The maximum absolute atomic E-state index is 13.7. The molecular formula is C18H20BrFN2O3S. The maximum atomic E-state index is 13.7. The van der Waals surface area contributed by atoms with Crippen LogP contribution in [-0.4, -0.2) is 31.7 Å². The molecule has 0 saturated heterocycles. The first kappa shape index (κ1) is 20.5. The normalized spacial score (nSPS) is 11.8. The van der Waals surface area contributed by atoms with Gasteiger partial charge in [0.2, 0.25) is 10.0 Å². The maximum Gasteiger partial charge on any atom is 0.254 e. The van der Waals surface area contributed by atoms with E-state index in [0.29, 0.717) is 10.0 Å². The minimum absolute atomic E-state index is 0.0582. The number of amides is 1. The van der Waals surface area contributed by atoms with Gasteiger partial charge in [-0.25, -0.2) is 12.8 Å². The Bertz CT molecular complexity index is 899. The van der Waals surface area contributed by atoms with Gasteiger partial charge in [0.05, 0.1) is 10.5 Å². The number of nitrogens with zero attached hydrogens (tertiary/aromatic N) is 1. The van der Waals surface area contributed by atoms with Gasteiger partial charge in [-0.05, 0) is 49.7 Å². The third-order valence-corrected chi connectivity index (χ3v) is 6.49. The highest BCUT2D eigenvalue weighted by molar-refractivity contribution is 9.10. The zero-order chi connectivity index (χ0) is 19.5. The topological polar surface area (TPSA) is 66.5 Å². The summed E-state index contributed by atoms with van der Waals surface area (Å²) >= 11 is 3.20. The molecular weight excluding hydrogens is 423 g/mol. The Morgan fingerprint density at radius 2 is 1.81 bits per heavy atom. The summed E-state index contributed by atoms with van der Waals surface area (Å²) in [7, 11) is -2.02. The number of nitrogens with one attached hydrogen (secondary N) is 1. The molecule has 0 unspecified atom stereocenters. The van der Waals surface area contributed by atoms with Crippen LogP contribution < -0.4 is 5.32 Å². The van der Waals surface area contributed by atoms with E-state index < -0.39 is 21.7 Å². The molecule has 5 nitrogen and oxygen atoms in total. The molecule has 0 aliphatic carbocycles. The Morgan fingerprint density at radius 1 is 1.19 bits per heavy atom.